The lowest BCUT2D eigenvalue weighted by Crippen LogP contribution is -2.38. The molecule has 0 aliphatic carbocycles. The van der Waals surface area contributed by atoms with Gasteiger partial charge < -0.3 is 4.90 Å². The number of piperidine rings is 1. The molecule has 1 aromatic heterocycles. The van der Waals surface area contributed by atoms with Crippen molar-refractivity contribution in [2.24, 2.45) is 0 Å². The quantitative estimate of drug-likeness (QED) is 0.615. The van der Waals surface area contributed by atoms with Gasteiger partial charge in [0.25, 0.3) is 0 Å². The second kappa shape index (κ2) is 8.52. The van der Waals surface area contributed by atoms with Gasteiger partial charge in [-0.15, -0.1) is 5.10 Å². The number of rotatable bonds is 5. The standard InChI is InChI=1S/C20H20FN5OS/c21-16-10-7-11-17(14-16)26-20(22-23-24-26)28-18(15-8-3-1-4-9-15)19(27)25-12-5-2-6-13-25/h1,3-4,7-11,14,18H,2,5-6,12-13H2/t18-/m0/s1. The topological polar surface area (TPSA) is 63.9 Å². The Morgan fingerprint density at radius 2 is 1.82 bits per heavy atom. The van der Waals surface area contributed by atoms with Gasteiger partial charge in [0.15, 0.2) is 0 Å². The van der Waals surface area contributed by atoms with E-state index in [1.54, 1.807) is 12.1 Å². The van der Waals surface area contributed by atoms with Gasteiger partial charge in [0.05, 0.1) is 5.69 Å². The van der Waals surface area contributed by atoms with Crippen LogP contribution in [0.3, 0.4) is 0 Å². The van der Waals surface area contributed by atoms with Crippen LogP contribution in [0.5, 0.6) is 0 Å². The molecule has 144 valence electrons. The molecule has 3 aromatic rings. The Hall–Kier alpha value is -2.74. The largest absolute Gasteiger partial charge is 0.341 e. The lowest BCUT2D eigenvalue weighted by molar-refractivity contribution is -0.131. The molecule has 6 nitrogen and oxygen atoms in total. The molecule has 0 radical (unpaired) electrons. The molecule has 0 bridgehead atoms. The number of carbonyl (C=O) groups is 1. The van der Waals surface area contributed by atoms with Gasteiger partial charge >= 0.3 is 0 Å². The highest BCUT2D eigenvalue weighted by Crippen LogP contribution is 2.36. The van der Waals surface area contributed by atoms with Crippen molar-refractivity contribution in [2.45, 2.75) is 29.7 Å². The molecule has 1 atom stereocenters. The Bertz CT molecular complexity index is 943. The smallest absolute Gasteiger partial charge is 0.240 e. The summed E-state index contributed by atoms with van der Waals surface area (Å²) in [4.78, 5) is 15.2. The molecule has 4 rings (SSSR count). The molecular weight excluding hydrogens is 377 g/mol. The predicted octanol–water partition coefficient (Wildman–Crippen LogP) is 3.65. The zero-order valence-corrected chi connectivity index (χ0v) is 16.1. The number of tetrazole rings is 1. The second-order valence-electron chi connectivity index (χ2n) is 6.65. The summed E-state index contributed by atoms with van der Waals surface area (Å²) in [5.41, 5.74) is 1.42. The lowest BCUT2D eigenvalue weighted by atomic mass is 10.1. The van der Waals surface area contributed by atoms with Crippen molar-refractivity contribution in [3.8, 4) is 5.69 Å². The monoisotopic (exact) mass is 397 g/mol. The minimum atomic E-state index is -0.461. The Labute approximate surface area is 166 Å². The fourth-order valence-electron chi connectivity index (χ4n) is 3.30. The summed E-state index contributed by atoms with van der Waals surface area (Å²) >= 11 is 1.29. The number of carbonyl (C=O) groups excluding carboxylic acids is 1. The summed E-state index contributed by atoms with van der Waals surface area (Å²) in [6, 6.07) is 15.7. The lowest BCUT2D eigenvalue weighted by Gasteiger charge is -2.30. The first kappa shape index (κ1) is 18.6. The van der Waals surface area contributed by atoms with E-state index in [0.29, 0.717) is 10.8 Å². The van der Waals surface area contributed by atoms with Gasteiger partial charge in [-0.3, -0.25) is 4.79 Å². The first-order chi connectivity index (χ1) is 13.7. The molecule has 28 heavy (non-hydrogen) atoms. The highest BCUT2D eigenvalue weighted by atomic mass is 32.2. The summed E-state index contributed by atoms with van der Waals surface area (Å²) in [6.45, 7) is 1.55. The molecule has 1 fully saturated rings. The second-order valence-corrected chi connectivity index (χ2v) is 7.72. The molecule has 0 saturated carbocycles. The molecule has 2 heterocycles. The number of hydrogen-bond acceptors (Lipinski definition) is 5. The van der Waals surface area contributed by atoms with Crippen LogP contribution < -0.4 is 0 Å². The van der Waals surface area contributed by atoms with E-state index >= 15 is 0 Å². The van der Waals surface area contributed by atoms with Gasteiger partial charge in [-0.2, -0.15) is 4.68 Å². The first-order valence-electron chi connectivity index (χ1n) is 9.27. The summed E-state index contributed by atoms with van der Waals surface area (Å²) < 4.78 is 15.1. The summed E-state index contributed by atoms with van der Waals surface area (Å²) in [5.74, 6) is -0.308. The van der Waals surface area contributed by atoms with E-state index in [9.17, 15) is 9.18 Å². The van der Waals surface area contributed by atoms with Crippen LogP contribution in [-0.4, -0.2) is 44.1 Å². The van der Waals surface area contributed by atoms with Crippen molar-refractivity contribution in [3.63, 3.8) is 0 Å². The van der Waals surface area contributed by atoms with Gasteiger partial charge in [-0.05, 0) is 53.5 Å². The molecule has 1 amide bonds. The van der Waals surface area contributed by atoms with E-state index in [4.69, 9.17) is 0 Å². The number of aromatic nitrogens is 4. The Kier molecular flexibility index (Phi) is 5.66. The zero-order chi connectivity index (χ0) is 19.3. The van der Waals surface area contributed by atoms with Gasteiger partial charge in [0.1, 0.15) is 11.1 Å². The third kappa shape index (κ3) is 4.06. The molecule has 2 aromatic carbocycles. The van der Waals surface area contributed by atoms with Gasteiger partial charge in [-0.1, -0.05) is 48.2 Å². The molecule has 0 spiro atoms. The van der Waals surface area contributed by atoms with Crippen molar-refractivity contribution in [1.82, 2.24) is 25.1 Å². The van der Waals surface area contributed by atoms with Gasteiger partial charge in [-0.25, -0.2) is 4.39 Å². The highest BCUT2D eigenvalue weighted by molar-refractivity contribution is 8.00. The van der Waals surface area contributed by atoms with Crippen molar-refractivity contribution < 1.29 is 9.18 Å². The van der Waals surface area contributed by atoms with E-state index in [-0.39, 0.29) is 11.7 Å². The third-order valence-corrected chi connectivity index (χ3v) is 5.89. The van der Waals surface area contributed by atoms with Crippen LogP contribution >= 0.6 is 11.8 Å². The van der Waals surface area contributed by atoms with E-state index < -0.39 is 5.25 Å². The van der Waals surface area contributed by atoms with Crippen LogP contribution in [0.1, 0.15) is 30.1 Å². The number of likely N-dealkylation sites (tertiary alicyclic amines) is 1. The average molecular weight is 397 g/mol. The number of amides is 1. The van der Waals surface area contributed by atoms with E-state index in [2.05, 4.69) is 15.5 Å². The minimum Gasteiger partial charge on any atom is -0.341 e. The van der Waals surface area contributed by atoms with Crippen molar-refractivity contribution in [1.29, 1.82) is 0 Å². The van der Waals surface area contributed by atoms with Crippen LogP contribution in [0.2, 0.25) is 0 Å². The third-order valence-electron chi connectivity index (χ3n) is 4.71. The van der Waals surface area contributed by atoms with E-state index in [1.165, 1.54) is 28.6 Å². The van der Waals surface area contributed by atoms with Gasteiger partial charge in [0.2, 0.25) is 11.1 Å². The number of halogens is 1. The van der Waals surface area contributed by atoms with E-state index in [1.807, 2.05) is 35.2 Å². The number of hydrogen-bond donors (Lipinski definition) is 0. The molecular formula is C20H20FN5OS. The summed E-state index contributed by atoms with van der Waals surface area (Å²) in [5, 5.41) is 11.8. The fraction of sp³-hybridized carbons (Fsp3) is 0.300. The number of nitrogens with zero attached hydrogens (tertiary/aromatic N) is 5. The average Bonchev–Trinajstić information content (AvgIpc) is 3.21. The Balaban J connectivity index is 1.65. The van der Waals surface area contributed by atoms with E-state index in [0.717, 1.165) is 37.9 Å². The zero-order valence-electron chi connectivity index (χ0n) is 15.2. The summed E-state index contributed by atoms with van der Waals surface area (Å²) in [7, 11) is 0. The highest BCUT2D eigenvalue weighted by Gasteiger charge is 2.30. The SMILES string of the molecule is O=C([C@@H](Sc1nnnn1-c1cccc(F)c1)c1ccccc1)N1CCCCC1. The predicted molar refractivity (Wildman–Crippen MR) is 105 cm³/mol. The Morgan fingerprint density at radius 3 is 2.57 bits per heavy atom. The minimum absolute atomic E-state index is 0.0599. The first-order valence-corrected chi connectivity index (χ1v) is 10.1. The van der Waals surface area contributed by atoms with Crippen LogP contribution in [-0.2, 0) is 4.79 Å². The molecule has 1 saturated heterocycles. The van der Waals surface area contributed by atoms with Crippen LogP contribution in [0, 0.1) is 5.82 Å². The number of thioether (sulfide) groups is 1. The van der Waals surface area contributed by atoms with Crippen molar-refractivity contribution >= 4 is 17.7 Å². The summed E-state index contributed by atoms with van der Waals surface area (Å²) in [6.07, 6.45) is 3.21. The van der Waals surface area contributed by atoms with Crippen LogP contribution in [0.4, 0.5) is 4.39 Å². The number of benzene rings is 2. The molecule has 8 heteroatoms. The molecule has 1 aliphatic rings. The van der Waals surface area contributed by atoms with Gasteiger partial charge in [0, 0.05) is 13.1 Å². The maximum absolute atomic E-state index is 13.6. The van der Waals surface area contributed by atoms with Crippen molar-refractivity contribution in [3.05, 3.63) is 66.0 Å². The molecule has 1 aliphatic heterocycles. The molecule has 0 N–H and O–H groups in total. The normalized spacial score (nSPS) is 15.4. The maximum atomic E-state index is 13.6. The Morgan fingerprint density at radius 1 is 1.04 bits per heavy atom. The molecule has 0 unspecified atom stereocenters. The fourth-order valence-corrected chi connectivity index (χ4v) is 4.38. The van der Waals surface area contributed by atoms with Crippen LogP contribution in [0.15, 0.2) is 59.8 Å². The maximum Gasteiger partial charge on any atom is 0.240 e. The van der Waals surface area contributed by atoms with Crippen molar-refractivity contribution in [2.75, 3.05) is 13.1 Å². The van der Waals surface area contributed by atoms with Crippen LogP contribution in [0.25, 0.3) is 5.69 Å².